The average Bonchev–Trinajstić information content (AvgIpc) is 2.80. The number of amides is 1. The van der Waals surface area contributed by atoms with Crippen molar-refractivity contribution in [3.8, 4) is 0 Å². The Bertz CT molecular complexity index is 473. The lowest BCUT2D eigenvalue weighted by atomic mass is 9.94. The molecule has 0 aromatic heterocycles. The standard InChI is InChI=1S/C15H21N3O2/c1-11(12-6-4-3-5-7-12)10-13-14(19)18-15(17-13)16-8-9-20-2/h3-7,11,13H,8-10H2,1-2H3,(H2,16,17,18,19). The first-order valence-electron chi connectivity index (χ1n) is 6.86. The van der Waals surface area contributed by atoms with Gasteiger partial charge in [0.05, 0.1) is 13.2 Å². The molecule has 5 heteroatoms. The molecule has 0 saturated carbocycles. The molecule has 1 aliphatic heterocycles. The summed E-state index contributed by atoms with van der Waals surface area (Å²) in [5.41, 5.74) is 1.24. The van der Waals surface area contributed by atoms with E-state index in [-0.39, 0.29) is 11.9 Å². The van der Waals surface area contributed by atoms with Crippen LogP contribution in [-0.4, -0.2) is 38.2 Å². The lowest BCUT2D eigenvalue weighted by Crippen LogP contribution is -2.30. The van der Waals surface area contributed by atoms with Gasteiger partial charge in [-0.25, -0.2) is 0 Å². The fraction of sp³-hybridized carbons (Fsp3) is 0.467. The monoisotopic (exact) mass is 275 g/mol. The number of benzene rings is 1. The molecule has 1 aromatic carbocycles. The second kappa shape index (κ2) is 7.05. The van der Waals surface area contributed by atoms with E-state index in [9.17, 15) is 4.79 Å². The van der Waals surface area contributed by atoms with Crippen LogP contribution in [0.4, 0.5) is 0 Å². The van der Waals surface area contributed by atoms with Crippen LogP contribution in [0.15, 0.2) is 35.3 Å². The van der Waals surface area contributed by atoms with Gasteiger partial charge in [0, 0.05) is 7.11 Å². The van der Waals surface area contributed by atoms with Crippen molar-refractivity contribution in [3.63, 3.8) is 0 Å². The van der Waals surface area contributed by atoms with Gasteiger partial charge in [0.1, 0.15) is 6.04 Å². The fourth-order valence-electron chi connectivity index (χ4n) is 2.24. The van der Waals surface area contributed by atoms with Gasteiger partial charge in [-0.1, -0.05) is 37.3 Å². The predicted molar refractivity (Wildman–Crippen MR) is 78.7 cm³/mol. The van der Waals surface area contributed by atoms with Gasteiger partial charge < -0.3 is 10.1 Å². The van der Waals surface area contributed by atoms with E-state index in [1.165, 1.54) is 5.56 Å². The Morgan fingerprint density at radius 3 is 2.80 bits per heavy atom. The highest BCUT2D eigenvalue weighted by atomic mass is 16.5. The van der Waals surface area contributed by atoms with E-state index in [4.69, 9.17) is 4.74 Å². The van der Waals surface area contributed by atoms with Gasteiger partial charge in [0.25, 0.3) is 0 Å². The third-order valence-electron chi connectivity index (χ3n) is 3.39. The number of hydrogen-bond donors (Lipinski definition) is 2. The van der Waals surface area contributed by atoms with Crippen molar-refractivity contribution in [2.45, 2.75) is 25.3 Å². The lowest BCUT2D eigenvalue weighted by Gasteiger charge is -2.15. The van der Waals surface area contributed by atoms with Crippen molar-refractivity contribution < 1.29 is 9.53 Å². The van der Waals surface area contributed by atoms with Crippen molar-refractivity contribution in [1.29, 1.82) is 0 Å². The number of ether oxygens (including phenoxy) is 1. The number of guanidine groups is 1. The number of carbonyl (C=O) groups is 1. The Morgan fingerprint density at radius 2 is 2.10 bits per heavy atom. The summed E-state index contributed by atoms with van der Waals surface area (Å²) in [7, 11) is 1.63. The molecule has 1 aliphatic rings. The van der Waals surface area contributed by atoms with Crippen molar-refractivity contribution in [2.24, 2.45) is 4.99 Å². The van der Waals surface area contributed by atoms with Crippen LogP contribution >= 0.6 is 0 Å². The SMILES string of the molecule is COCCN=C1NC(=O)C(CC(C)c2ccccc2)N1. The number of rotatable bonds is 6. The van der Waals surface area contributed by atoms with Crippen LogP contribution < -0.4 is 10.6 Å². The van der Waals surface area contributed by atoms with Gasteiger partial charge in [-0.15, -0.1) is 0 Å². The van der Waals surface area contributed by atoms with Gasteiger partial charge in [-0.05, 0) is 17.9 Å². The minimum atomic E-state index is -0.216. The number of carbonyl (C=O) groups excluding carboxylic acids is 1. The Hall–Kier alpha value is -1.88. The molecular weight excluding hydrogens is 254 g/mol. The zero-order chi connectivity index (χ0) is 14.4. The molecule has 0 bridgehead atoms. The van der Waals surface area contributed by atoms with Crippen LogP contribution in [0.3, 0.4) is 0 Å². The Labute approximate surface area is 119 Å². The predicted octanol–water partition coefficient (Wildman–Crippen LogP) is 1.27. The topological polar surface area (TPSA) is 62.7 Å². The largest absolute Gasteiger partial charge is 0.383 e. The molecule has 2 rings (SSSR count). The minimum Gasteiger partial charge on any atom is -0.383 e. The van der Waals surface area contributed by atoms with Crippen molar-refractivity contribution in [2.75, 3.05) is 20.3 Å². The highest BCUT2D eigenvalue weighted by Crippen LogP contribution is 2.21. The summed E-state index contributed by atoms with van der Waals surface area (Å²) in [6.45, 7) is 3.22. The summed E-state index contributed by atoms with van der Waals surface area (Å²) >= 11 is 0. The molecule has 2 unspecified atom stereocenters. The third-order valence-corrected chi connectivity index (χ3v) is 3.39. The first-order valence-corrected chi connectivity index (χ1v) is 6.86. The molecule has 1 heterocycles. The van der Waals surface area contributed by atoms with Crippen LogP contribution in [0.25, 0.3) is 0 Å². The Kier molecular flexibility index (Phi) is 5.12. The average molecular weight is 275 g/mol. The summed E-state index contributed by atoms with van der Waals surface area (Å²) in [6, 6.07) is 10.00. The molecule has 2 N–H and O–H groups in total. The molecule has 1 fully saturated rings. The van der Waals surface area contributed by atoms with Crippen LogP contribution in [0.1, 0.15) is 24.8 Å². The fourth-order valence-corrected chi connectivity index (χ4v) is 2.24. The van der Waals surface area contributed by atoms with Crippen LogP contribution in [-0.2, 0) is 9.53 Å². The van der Waals surface area contributed by atoms with Crippen molar-refractivity contribution in [3.05, 3.63) is 35.9 Å². The zero-order valence-corrected chi connectivity index (χ0v) is 11.9. The highest BCUT2D eigenvalue weighted by Gasteiger charge is 2.29. The van der Waals surface area contributed by atoms with Gasteiger partial charge in [0.2, 0.25) is 5.91 Å². The number of aliphatic imine (C=N–C) groups is 1. The lowest BCUT2D eigenvalue weighted by molar-refractivity contribution is -0.120. The zero-order valence-electron chi connectivity index (χ0n) is 11.9. The number of hydrogen-bond acceptors (Lipinski definition) is 3. The van der Waals surface area contributed by atoms with Crippen LogP contribution in [0.5, 0.6) is 0 Å². The second-order valence-electron chi connectivity index (χ2n) is 4.96. The number of nitrogens with zero attached hydrogens (tertiary/aromatic N) is 1. The van der Waals surface area contributed by atoms with Crippen molar-refractivity contribution >= 4 is 11.9 Å². The maximum atomic E-state index is 11.9. The molecule has 20 heavy (non-hydrogen) atoms. The van der Waals surface area contributed by atoms with E-state index < -0.39 is 0 Å². The van der Waals surface area contributed by atoms with Crippen molar-refractivity contribution in [1.82, 2.24) is 10.6 Å². The summed E-state index contributed by atoms with van der Waals surface area (Å²) in [4.78, 5) is 16.1. The Balaban J connectivity index is 1.90. The normalized spacial score (nSPS) is 21.6. The second-order valence-corrected chi connectivity index (χ2v) is 4.96. The van der Waals surface area contributed by atoms with E-state index in [1.807, 2.05) is 18.2 Å². The molecule has 0 radical (unpaired) electrons. The summed E-state index contributed by atoms with van der Waals surface area (Å²) in [5, 5.41) is 5.90. The first-order chi connectivity index (χ1) is 9.70. The summed E-state index contributed by atoms with van der Waals surface area (Å²) < 4.78 is 4.93. The van der Waals surface area contributed by atoms with E-state index in [0.717, 1.165) is 6.42 Å². The molecule has 108 valence electrons. The summed E-state index contributed by atoms with van der Waals surface area (Å²) in [5.74, 6) is 0.860. The van der Waals surface area contributed by atoms with Gasteiger partial charge in [0.15, 0.2) is 5.96 Å². The van der Waals surface area contributed by atoms with Gasteiger partial charge in [-0.2, -0.15) is 0 Å². The molecule has 0 aliphatic carbocycles. The number of methoxy groups -OCH3 is 1. The van der Waals surface area contributed by atoms with Crippen LogP contribution in [0, 0.1) is 0 Å². The molecule has 1 aromatic rings. The molecule has 1 saturated heterocycles. The van der Waals surface area contributed by atoms with Crippen LogP contribution in [0.2, 0.25) is 0 Å². The molecule has 1 amide bonds. The smallest absolute Gasteiger partial charge is 0.249 e. The van der Waals surface area contributed by atoms with Gasteiger partial charge >= 0.3 is 0 Å². The van der Waals surface area contributed by atoms with E-state index in [2.05, 4.69) is 34.7 Å². The first kappa shape index (κ1) is 14.5. The quantitative estimate of drug-likeness (QED) is 0.769. The Morgan fingerprint density at radius 1 is 1.35 bits per heavy atom. The molecule has 2 atom stereocenters. The number of nitrogens with one attached hydrogen (secondary N) is 2. The van der Waals surface area contributed by atoms with E-state index in [0.29, 0.717) is 25.0 Å². The van der Waals surface area contributed by atoms with E-state index >= 15 is 0 Å². The maximum absolute atomic E-state index is 11.9. The molecule has 5 nitrogen and oxygen atoms in total. The summed E-state index contributed by atoms with van der Waals surface area (Å²) in [6.07, 6.45) is 0.749. The minimum absolute atomic E-state index is 0.0102. The maximum Gasteiger partial charge on any atom is 0.249 e. The van der Waals surface area contributed by atoms with Gasteiger partial charge in [-0.3, -0.25) is 15.1 Å². The third kappa shape index (κ3) is 3.81. The molecule has 0 spiro atoms. The molecular formula is C15H21N3O2. The van der Waals surface area contributed by atoms with E-state index in [1.54, 1.807) is 7.11 Å². The highest BCUT2D eigenvalue weighted by molar-refractivity contribution is 6.06.